The van der Waals surface area contributed by atoms with Crippen LogP contribution in [0.25, 0.3) is 0 Å². The number of aryl methyl sites for hydroxylation is 1. The van der Waals surface area contributed by atoms with Crippen LogP contribution in [-0.4, -0.2) is 12.6 Å². The molecule has 1 rings (SSSR count). The molecule has 0 saturated heterocycles. The first-order chi connectivity index (χ1) is 10.1. The molecule has 0 aliphatic carbocycles. The number of ether oxygens (including phenoxy) is 1. The molecule has 0 amide bonds. The first-order valence-corrected chi connectivity index (χ1v) is 8.33. The molecule has 2 nitrogen and oxygen atoms in total. The van der Waals surface area contributed by atoms with E-state index in [1.807, 2.05) is 31.2 Å². The van der Waals surface area contributed by atoms with Gasteiger partial charge < -0.3 is 4.74 Å². The minimum atomic E-state index is -0.202. The van der Waals surface area contributed by atoms with E-state index in [-0.39, 0.29) is 5.97 Å². The van der Waals surface area contributed by atoms with Crippen molar-refractivity contribution in [3.8, 4) is 0 Å². The van der Waals surface area contributed by atoms with E-state index < -0.39 is 0 Å². The fraction of sp³-hybridized carbons (Fsp3) is 0.632. The monoisotopic (exact) mass is 290 g/mol. The lowest BCUT2D eigenvalue weighted by molar-refractivity contribution is 0.0497. The van der Waals surface area contributed by atoms with E-state index in [0.717, 1.165) is 24.3 Å². The van der Waals surface area contributed by atoms with Crippen molar-refractivity contribution in [2.24, 2.45) is 5.92 Å². The maximum atomic E-state index is 11.8. The van der Waals surface area contributed by atoms with Crippen molar-refractivity contribution >= 4 is 5.97 Å². The third-order valence-electron chi connectivity index (χ3n) is 3.70. The fourth-order valence-electron chi connectivity index (χ4n) is 2.30. The molecule has 0 spiro atoms. The van der Waals surface area contributed by atoms with Crippen molar-refractivity contribution in [3.05, 3.63) is 35.4 Å². The summed E-state index contributed by atoms with van der Waals surface area (Å²) in [7, 11) is 0. The molecule has 0 saturated carbocycles. The zero-order chi connectivity index (χ0) is 15.5. The molecule has 0 atom stereocenters. The van der Waals surface area contributed by atoms with Crippen LogP contribution in [0.3, 0.4) is 0 Å². The Bertz CT molecular complexity index is 393. The summed E-state index contributed by atoms with van der Waals surface area (Å²) in [5.74, 6) is 0.623. The van der Waals surface area contributed by atoms with Crippen LogP contribution in [0.2, 0.25) is 0 Å². The highest BCUT2D eigenvalue weighted by molar-refractivity contribution is 5.89. The Balaban J connectivity index is 1.99. The van der Waals surface area contributed by atoms with E-state index in [0.29, 0.717) is 12.2 Å². The predicted octanol–water partition coefficient (Wildman–Crippen LogP) is 5.54. The fourth-order valence-corrected chi connectivity index (χ4v) is 2.30. The van der Waals surface area contributed by atoms with Crippen LogP contribution in [-0.2, 0) is 4.74 Å². The molecule has 0 heterocycles. The van der Waals surface area contributed by atoms with Gasteiger partial charge in [0.1, 0.15) is 0 Å². The average Bonchev–Trinajstić information content (AvgIpc) is 2.45. The first kappa shape index (κ1) is 17.7. The van der Waals surface area contributed by atoms with Crippen LogP contribution in [0.1, 0.15) is 74.7 Å². The van der Waals surface area contributed by atoms with Crippen LogP contribution in [0.5, 0.6) is 0 Å². The van der Waals surface area contributed by atoms with Gasteiger partial charge in [0.05, 0.1) is 12.2 Å². The standard InChI is InChI=1S/C19H30O2/c1-16(2)10-8-6-4-5-7-9-15-21-19(20)18-13-11-17(3)12-14-18/h11-14,16H,4-10,15H2,1-3H3. The quantitative estimate of drug-likeness (QED) is 0.418. The Labute approximate surface area is 129 Å². The van der Waals surface area contributed by atoms with Gasteiger partial charge >= 0.3 is 5.97 Å². The van der Waals surface area contributed by atoms with E-state index in [9.17, 15) is 4.79 Å². The molecule has 21 heavy (non-hydrogen) atoms. The summed E-state index contributed by atoms with van der Waals surface area (Å²) >= 11 is 0. The summed E-state index contributed by atoms with van der Waals surface area (Å²) in [5, 5.41) is 0. The highest BCUT2D eigenvalue weighted by Gasteiger charge is 2.05. The summed E-state index contributed by atoms with van der Waals surface area (Å²) in [5.41, 5.74) is 1.80. The number of hydrogen-bond donors (Lipinski definition) is 0. The Morgan fingerprint density at radius 2 is 1.52 bits per heavy atom. The average molecular weight is 290 g/mol. The molecule has 0 aromatic heterocycles. The van der Waals surface area contributed by atoms with E-state index >= 15 is 0 Å². The largest absolute Gasteiger partial charge is 0.462 e. The maximum absolute atomic E-state index is 11.8. The lowest BCUT2D eigenvalue weighted by atomic mass is 10.0. The second kappa shape index (κ2) is 10.4. The number of unbranched alkanes of at least 4 members (excludes halogenated alkanes) is 5. The lowest BCUT2D eigenvalue weighted by Crippen LogP contribution is -2.06. The molecule has 1 aromatic carbocycles. The summed E-state index contributed by atoms with van der Waals surface area (Å²) in [4.78, 5) is 11.8. The van der Waals surface area contributed by atoms with Crippen molar-refractivity contribution in [2.75, 3.05) is 6.61 Å². The number of rotatable bonds is 10. The van der Waals surface area contributed by atoms with Crippen molar-refractivity contribution < 1.29 is 9.53 Å². The smallest absolute Gasteiger partial charge is 0.338 e. The van der Waals surface area contributed by atoms with Crippen molar-refractivity contribution in [1.82, 2.24) is 0 Å². The van der Waals surface area contributed by atoms with E-state index in [2.05, 4.69) is 13.8 Å². The van der Waals surface area contributed by atoms with Gasteiger partial charge in [-0.05, 0) is 31.4 Å². The Kier molecular flexibility index (Phi) is 8.80. The SMILES string of the molecule is Cc1ccc(C(=O)OCCCCCCCCC(C)C)cc1. The zero-order valence-electron chi connectivity index (χ0n) is 13.9. The minimum absolute atomic E-state index is 0.202. The second-order valence-corrected chi connectivity index (χ2v) is 6.31. The van der Waals surface area contributed by atoms with Gasteiger partial charge in [0.2, 0.25) is 0 Å². The highest BCUT2D eigenvalue weighted by Crippen LogP contribution is 2.11. The predicted molar refractivity (Wildman–Crippen MR) is 88.6 cm³/mol. The van der Waals surface area contributed by atoms with Crippen LogP contribution < -0.4 is 0 Å². The summed E-state index contributed by atoms with van der Waals surface area (Å²) in [6.07, 6.45) is 8.71. The van der Waals surface area contributed by atoms with Crippen molar-refractivity contribution in [1.29, 1.82) is 0 Å². The lowest BCUT2D eigenvalue weighted by Gasteiger charge is -2.06. The number of carbonyl (C=O) groups is 1. The van der Waals surface area contributed by atoms with Crippen molar-refractivity contribution in [2.45, 2.75) is 65.7 Å². The van der Waals surface area contributed by atoms with E-state index in [4.69, 9.17) is 4.74 Å². The molecular formula is C19H30O2. The number of esters is 1. The summed E-state index contributed by atoms with van der Waals surface area (Å²) < 4.78 is 5.29. The van der Waals surface area contributed by atoms with Crippen LogP contribution in [0.15, 0.2) is 24.3 Å². The number of carbonyl (C=O) groups excluding carboxylic acids is 1. The number of hydrogen-bond acceptors (Lipinski definition) is 2. The maximum Gasteiger partial charge on any atom is 0.338 e. The molecule has 0 radical (unpaired) electrons. The van der Waals surface area contributed by atoms with Gasteiger partial charge in [-0.2, -0.15) is 0 Å². The zero-order valence-corrected chi connectivity index (χ0v) is 13.9. The third-order valence-corrected chi connectivity index (χ3v) is 3.70. The molecule has 0 aliphatic heterocycles. The molecular weight excluding hydrogens is 260 g/mol. The van der Waals surface area contributed by atoms with Gasteiger partial charge in [-0.25, -0.2) is 4.79 Å². The molecule has 118 valence electrons. The normalized spacial score (nSPS) is 10.9. The summed E-state index contributed by atoms with van der Waals surface area (Å²) in [6.45, 7) is 7.11. The van der Waals surface area contributed by atoms with Gasteiger partial charge in [-0.3, -0.25) is 0 Å². The molecule has 0 unspecified atom stereocenters. The van der Waals surface area contributed by atoms with Gasteiger partial charge in [-0.15, -0.1) is 0 Å². The van der Waals surface area contributed by atoms with Gasteiger partial charge in [-0.1, -0.05) is 70.1 Å². The van der Waals surface area contributed by atoms with Gasteiger partial charge in [0.15, 0.2) is 0 Å². The van der Waals surface area contributed by atoms with Gasteiger partial charge in [0.25, 0.3) is 0 Å². The topological polar surface area (TPSA) is 26.3 Å². The molecule has 0 aliphatic rings. The molecule has 0 fully saturated rings. The highest BCUT2D eigenvalue weighted by atomic mass is 16.5. The van der Waals surface area contributed by atoms with Crippen LogP contribution >= 0.6 is 0 Å². The van der Waals surface area contributed by atoms with Crippen molar-refractivity contribution in [3.63, 3.8) is 0 Å². The van der Waals surface area contributed by atoms with E-state index in [1.54, 1.807) is 0 Å². The number of benzene rings is 1. The molecule has 2 heteroatoms. The van der Waals surface area contributed by atoms with Crippen LogP contribution in [0.4, 0.5) is 0 Å². The second-order valence-electron chi connectivity index (χ2n) is 6.31. The minimum Gasteiger partial charge on any atom is -0.462 e. The third kappa shape index (κ3) is 8.54. The molecule has 0 bridgehead atoms. The summed E-state index contributed by atoms with van der Waals surface area (Å²) in [6, 6.07) is 7.53. The first-order valence-electron chi connectivity index (χ1n) is 8.33. The Hall–Kier alpha value is -1.31. The van der Waals surface area contributed by atoms with Crippen LogP contribution in [0, 0.1) is 12.8 Å². The van der Waals surface area contributed by atoms with Gasteiger partial charge in [0, 0.05) is 0 Å². The Morgan fingerprint density at radius 3 is 2.14 bits per heavy atom. The molecule has 0 N–H and O–H groups in total. The molecule has 1 aromatic rings. The van der Waals surface area contributed by atoms with E-state index in [1.165, 1.54) is 32.1 Å². The Morgan fingerprint density at radius 1 is 0.952 bits per heavy atom.